The number of Topliss-reactive ketones (excluding diaryl/α,β-unsaturated/α-hetero) is 1. The second-order valence-corrected chi connectivity index (χ2v) is 9.35. The van der Waals surface area contributed by atoms with Crippen LogP contribution >= 0.6 is 11.6 Å². The van der Waals surface area contributed by atoms with Crippen LogP contribution in [0.3, 0.4) is 0 Å². The van der Waals surface area contributed by atoms with E-state index < -0.39 is 0 Å². The first-order valence-electron chi connectivity index (χ1n) is 11.3. The number of ether oxygens (including phenoxy) is 1. The molecule has 1 heterocycles. The molecular formula is C26H33ClFNO2. The van der Waals surface area contributed by atoms with Crippen molar-refractivity contribution in [3.05, 3.63) is 63.9 Å². The predicted octanol–water partition coefficient (Wildman–Crippen LogP) is 6.66. The van der Waals surface area contributed by atoms with Crippen molar-refractivity contribution in [3.63, 3.8) is 0 Å². The molecule has 0 radical (unpaired) electrons. The fraction of sp³-hybridized carbons (Fsp3) is 0.500. The molecule has 0 aliphatic carbocycles. The van der Waals surface area contributed by atoms with Crippen LogP contribution in [0.2, 0.25) is 5.02 Å². The highest BCUT2D eigenvalue weighted by Gasteiger charge is 2.21. The number of halogens is 2. The minimum absolute atomic E-state index is 0.0798. The van der Waals surface area contributed by atoms with Gasteiger partial charge in [0.15, 0.2) is 5.78 Å². The zero-order chi connectivity index (χ0) is 22.4. The number of piperidine rings is 1. The van der Waals surface area contributed by atoms with Crippen LogP contribution in [0.25, 0.3) is 0 Å². The van der Waals surface area contributed by atoms with Crippen molar-refractivity contribution < 1.29 is 13.9 Å². The lowest BCUT2D eigenvalue weighted by molar-refractivity contribution is 0.0960. The lowest BCUT2D eigenvalue weighted by atomic mass is 9.97. The summed E-state index contributed by atoms with van der Waals surface area (Å²) in [5, 5.41) is 0.787. The van der Waals surface area contributed by atoms with Gasteiger partial charge >= 0.3 is 0 Å². The third kappa shape index (κ3) is 6.78. The Morgan fingerprint density at radius 1 is 1.26 bits per heavy atom. The number of carbonyl (C=O) groups excluding carboxylic acids is 1. The van der Waals surface area contributed by atoms with Gasteiger partial charge in [-0.2, -0.15) is 0 Å². The fourth-order valence-electron chi connectivity index (χ4n) is 4.19. The Morgan fingerprint density at radius 2 is 2.00 bits per heavy atom. The predicted molar refractivity (Wildman–Crippen MR) is 125 cm³/mol. The standard InChI is InChI=1S/C26H33ClFNO2/c1-18(2)23-15-24(27)19(3)14-26(23)31-17-20-6-4-12-29(16-20)13-5-7-25(30)21-8-10-22(28)11-9-21/h8-11,14-15,18,20H,4-7,12-13,16-17H2,1-3H3. The molecule has 0 aromatic heterocycles. The van der Waals surface area contributed by atoms with Crippen LogP contribution < -0.4 is 4.74 Å². The SMILES string of the molecule is Cc1cc(OCC2CCCN(CCCC(=O)c3ccc(F)cc3)C2)c(C(C)C)cc1Cl. The van der Waals surface area contributed by atoms with Gasteiger partial charge in [0.05, 0.1) is 6.61 Å². The van der Waals surface area contributed by atoms with Crippen LogP contribution in [0.1, 0.15) is 66.9 Å². The zero-order valence-corrected chi connectivity index (χ0v) is 19.6. The minimum atomic E-state index is -0.313. The van der Waals surface area contributed by atoms with Crippen molar-refractivity contribution in [3.8, 4) is 5.75 Å². The highest BCUT2D eigenvalue weighted by atomic mass is 35.5. The van der Waals surface area contributed by atoms with Gasteiger partial charge in [-0.1, -0.05) is 25.4 Å². The Labute approximate surface area is 190 Å². The quantitative estimate of drug-likeness (QED) is 0.404. The van der Waals surface area contributed by atoms with Crippen LogP contribution in [-0.4, -0.2) is 36.9 Å². The van der Waals surface area contributed by atoms with E-state index in [4.69, 9.17) is 16.3 Å². The maximum absolute atomic E-state index is 13.0. The summed E-state index contributed by atoms with van der Waals surface area (Å²) in [4.78, 5) is 14.7. The van der Waals surface area contributed by atoms with Crippen molar-refractivity contribution >= 4 is 17.4 Å². The van der Waals surface area contributed by atoms with Crippen molar-refractivity contribution in [2.45, 2.75) is 52.4 Å². The normalized spacial score (nSPS) is 17.2. The van der Waals surface area contributed by atoms with Gasteiger partial charge in [-0.25, -0.2) is 4.39 Å². The van der Waals surface area contributed by atoms with Crippen molar-refractivity contribution in [2.24, 2.45) is 5.92 Å². The van der Waals surface area contributed by atoms with E-state index in [0.29, 0.717) is 30.4 Å². The van der Waals surface area contributed by atoms with Crippen LogP contribution in [0, 0.1) is 18.7 Å². The summed E-state index contributed by atoms with van der Waals surface area (Å²) in [6.07, 6.45) is 3.62. The lowest BCUT2D eigenvalue weighted by Gasteiger charge is -2.32. The first kappa shape index (κ1) is 23.7. The van der Waals surface area contributed by atoms with Gasteiger partial charge in [0.1, 0.15) is 11.6 Å². The molecule has 5 heteroatoms. The third-order valence-corrected chi connectivity index (χ3v) is 6.44. The largest absolute Gasteiger partial charge is 0.493 e. The highest BCUT2D eigenvalue weighted by Crippen LogP contribution is 2.32. The molecule has 1 aliphatic heterocycles. The number of hydrogen-bond donors (Lipinski definition) is 0. The summed E-state index contributed by atoms with van der Waals surface area (Å²) in [5.74, 6) is 1.55. The third-order valence-electron chi connectivity index (χ3n) is 6.04. The molecule has 0 spiro atoms. The molecule has 1 fully saturated rings. The Balaban J connectivity index is 1.47. The maximum atomic E-state index is 13.0. The van der Waals surface area contributed by atoms with E-state index in [1.165, 1.54) is 12.1 Å². The van der Waals surface area contributed by atoms with Crippen molar-refractivity contribution in [1.29, 1.82) is 0 Å². The Hall–Kier alpha value is -1.91. The number of likely N-dealkylation sites (tertiary alicyclic amines) is 1. The number of carbonyl (C=O) groups is 1. The highest BCUT2D eigenvalue weighted by molar-refractivity contribution is 6.31. The van der Waals surface area contributed by atoms with Gasteiger partial charge in [0.25, 0.3) is 0 Å². The van der Waals surface area contributed by atoms with Gasteiger partial charge in [-0.15, -0.1) is 0 Å². The number of hydrogen-bond acceptors (Lipinski definition) is 3. The topological polar surface area (TPSA) is 29.5 Å². The molecule has 1 unspecified atom stereocenters. The smallest absolute Gasteiger partial charge is 0.162 e. The van der Waals surface area contributed by atoms with Crippen LogP contribution in [0.5, 0.6) is 5.75 Å². The molecule has 31 heavy (non-hydrogen) atoms. The fourth-order valence-corrected chi connectivity index (χ4v) is 4.36. The lowest BCUT2D eigenvalue weighted by Crippen LogP contribution is -2.38. The molecule has 0 saturated carbocycles. The molecule has 0 N–H and O–H groups in total. The van der Waals surface area contributed by atoms with E-state index in [1.807, 2.05) is 13.0 Å². The number of rotatable bonds is 9. The molecule has 168 valence electrons. The van der Waals surface area contributed by atoms with E-state index in [1.54, 1.807) is 12.1 Å². The zero-order valence-electron chi connectivity index (χ0n) is 18.8. The summed E-state index contributed by atoms with van der Waals surface area (Å²) >= 11 is 6.31. The summed E-state index contributed by atoms with van der Waals surface area (Å²) < 4.78 is 19.3. The molecule has 3 nitrogen and oxygen atoms in total. The minimum Gasteiger partial charge on any atom is -0.493 e. The van der Waals surface area contributed by atoms with Gasteiger partial charge in [0.2, 0.25) is 0 Å². The number of nitrogens with zero attached hydrogens (tertiary/aromatic N) is 1. The average molecular weight is 446 g/mol. The van der Waals surface area contributed by atoms with E-state index in [0.717, 1.165) is 60.8 Å². The molecule has 0 bridgehead atoms. The first-order chi connectivity index (χ1) is 14.8. The number of ketones is 1. The van der Waals surface area contributed by atoms with Crippen LogP contribution in [0.4, 0.5) is 4.39 Å². The monoisotopic (exact) mass is 445 g/mol. The molecule has 3 rings (SSSR count). The van der Waals surface area contributed by atoms with Crippen molar-refractivity contribution in [1.82, 2.24) is 4.90 Å². The molecule has 1 saturated heterocycles. The summed E-state index contributed by atoms with van der Waals surface area (Å²) in [7, 11) is 0. The van der Waals surface area contributed by atoms with Crippen LogP contribution in [-0.2, 0) is 0 Å². The van der Waals surface area contributed by atoms with Crippen LogP contribution in [0.15, 0.2) is 36.4 Å². The number of benzene rings is 2. The molecular weight excluding hydrogens is 413 g/mol. The Bertz CT molecular complexity index is 882. The molecule has 1 atom stereocenters. The van der Waals surface area contributed by atoms with E-state index in [9.17, 15) is 9.18 Å². The van der Waals surface area contributed by atoms with Gasteiger partial charge in [-0.3, -0.25) is 4.79 Å². The first-order valence-corrected chi connectivity index (χ1v) is 11.6. The van der Waals surface area contributed by atoms with Gasteiger partial charge in [0, 0.05) is 29.5 Å². The summed E-state index contributed by atoms with van der Waals surface area (Å²) in [5.41, 5.74) is 2.78. The Kier molecular flexibility index (Phi) is 8.50. The second kappa shape index (κ2) is 11.1. The second-order valence-electron chi connectivity index (χ2n) is 8.95. The Morgan fingerprint density at radius 3 is 2.71 bits per heavy atom. The van der Waals surface area contributed by atoms with Gasteiger partial charge in [-0.05, 0) is 92.7 Å². The van der Waals surface area contributed by atoms with Gasteiger partial charge < -0.3 is 9.64 Å². The molecule has 0 amide bonds. The molecule has 1 aliphatic rings. The summed E-state index contributed by atoms with van der Waals surface area (Å²) in [6.45, 7) is 9.99. The van der Waals surface area contributed by atoms with E-state index in [2.05, 4.69) is 24.8 Å². The summed E-state index contributed by atoms with van der Waals surface area (Å²) in [6, 6.07) is 9.90. The van der Waals surface area contributed by atoms with Crippen molar-refractivity contribution in [2.75, 3.05) is 26.2 Å². The average Bonchev–Trinajstić information content (AvgIpc) is 2.75. The molecule has 2 aromatic rings. The van der Waals surface area contributed by atoms with E-state index in [-0.39, 0.29) is 11.6 Å². The number of aryl methyl sites for hydroxylation is 1. The molecule has 2 aromatic carbocycles. The van der Waals surface area contributed by atoms with E-state index >= 15 is 0 Å². The maximum Gasteiger partial charge on any atom is 0.162 e.